The number of fused-ring (bicyclic) bond motifs is 6. The van der Waals surface area contributed by atoms with E-state index < -0.39 is 0 Å². The fourth-order valence-corrected chi connectivity index (χ4v) is 11.9. The van der Waals surface area contributed by atoms with Crippen molar-refractivity contribution in [3.05, 3.63) is 206 Å². The second kappa shape index (κ2) is 14.4. The van der Waals surface area contributed by atoms with Gasteiger partial charge in [0.1, 0.15) is 15.9 Å². The van der Waals surface area contributed by atoms with Crippen LogP contribution < -0.4 is 0 Å². The highest BCUT2D eigenvalue weighted by Gasteiger charge is 2.38. The molecule has 0 saturated carbocycles. The molecule has 0 radical (unpaired) electrons. The van der Waals surface area contributed by atoms with E-state index >= 15 is 0 Å². The SMILES string of the molecule is CC(C)(C)[S+](c1ccccc1)c1ccc(-c2cc(-c3c4ccccc4c(-c4ccc(-c5cccc6ccccc56)cc4)c4ccccc34)cc3c2oc2ccccc23)cc1. The summed E-state index contributed by atoms with van der Waals surface area (Å²) >= 11 is 0. The Labute approximate surface area is 353 Å². The number of rotatable bonds is 6. The Kier molecular flexibility index (Phi) is 8.72. The van der Waals surface area contributed by atoms with E-state index in [0.717, 1.165) is 33.1 Å². The van der Waals surface area contributed by atoms with Crippen molar-refractivity contribution < 1.29 is 4.42 Å². The molecule has 1 nitrogen and oxygen atoms in total. The Morgan fingerprint density at radius 2 is 0.833 bits per heavy atom. The van der Waals surface area contributed by atoms with Crippen LogP contribution in [0.4, 0.5) is 0 Å². The zero-order valence-corrected chi connectivity index (χ0v) is 34.8. The van der Waals surface area contributed by atoms with Gasteiger partial charge in [-0.3, -0.25) is 0 Å². The number of hydrogen-bond acceptors (Lipinski definition) is 1. The number of benzene rings is 10. The molecule has 286 valence electrons. The van der Waals surface area contributed by atoms with Crippen molar-refractivity contribution in [2.45, 2.75) is 35.3 Å². The maximum Gasteiger partial charge on any atom is 0.161 e. The molecular formula is C58H43OS+. The van der Waals surface area contributed by atoms with Gasteiger partial charge in [-0.1, -0.05) is 152 Å². The third-order valence-electron chi connectivity index (χ3n) is 12.0. The fourth-order valence-electron chi connectivity index (χ4n) is 9.40. The summed E-state index contributed by atoms with van der Waals surface area (Å²) in [4.78, 5) is 2.70. The van der Waals surface area contributed by atoms with Crippen molar-refractivity contribution in [1.29, 1.82) is 0 Å². The van der Waals surface area contributed by atoms with Crippen molar-refractivity contribution in [3.8, 4) is 44.5 Å². The van der Waals surface area contributed by atoms with Gasteiger partial charge in [-0.2, -0.15) is 0 Å². The van der Waals surface area contributed by atoms with Crippen LogP contribution in [0.1, 0.15) is 20.8 Å². The molecule has 11 aromatic rings. The van der Waals surface area contributed by atoms with Crippen molar-refractivity contribution in [3.63, 3.8) is 0 Å². The van der Waals surface area contributed by atoms with Crippen LogP contribution in [0.5, 0.6) is 0 Å². The third-order valence-corrected chi connectivity index (χ3v) is 14.7. The molecule has 1 heterocycles. The quantitative estimate of drug-likeness (QED) is 0.121. The van der Waals surface area contributed by atoms with E-state index in [2.05, 4.69) is 227 Å². The van der Waals surface area contributed by atoms with Gasteiger partial charge in [-0.15, -0.1) is 0 Å². The first-order chi connectivity index (χ1) is 29.4. The van der Waals surface area contributed by atoms with Gasteiger partial charge < -0.3 is 4.42 Å². The molecular weight excluding hydrogens is 745 g/mol. The van der Waals surface area contributed by atoms with Gasteiger partial charge in [0, 0.05) is 16.3 Å². The minimum atomic E-state index is -0.0971. The number of furan rings is 1. The highest BCUT2D eigenvalue weighted by molar-refractivity contribution is 7.98. The van der Waals surface area contributed by atoms with Crippen LogP contribution in [0.15, 0.2) is 220 Å². The molecule has 0 N–H and O–H groups in total. The van der Waals surface area contributed by atoms with Gasteiger partial charge in [0.15, 0.2) is 9.79 Å². The summed E-state index contributed by atoms with van der Waals surface area (Å²) in [5, 5.41) is 9.72. The molecule has 0 aliphatic carbocycles. The molecule has 1 unspecified atom stereocenters. The first-order valence-corrected chi connectivity index (χ1v) is 22.0. The zero-order valence-electron chi connectivity index (χ0n) is 33.9. The molecule has 0 bridgehead atoms. The van der Waals surface area contributed by atoms with Crippen LogP contribution in [0, 0.1) is 0 Å². The topological polar surface area (TPSA) is 13.1 Å². The smallest absolute Gasteiger partial charge is 0.161 e. The monoisotopic (exact) mass is 787 g/mol. The maximum atomic E-state index is 6.75. The van der Waals surface area contributed by atoms with Crippen LogP contribution in [0.3, 0.4) is 0 Å². The summed E-state index contributed by atoms with van der Waals surface area (Å²) in [6, 6.07) is 75.7. The van der Waals surface area contributed by atoms with Crippen LogP contribution in [0.25, 0.3) is 98.8 Å². The van der Waals surface area contributed by atoms with Crippen LogP contribution >= 0.6 is 0 Å². The second-order valence-corrected chi connectivity index (χ2v) is 19.5. The van der Waals surface area contributed by atoms with E-state index in [1.807, 2.05) is 0 Å². The molecule has 0 spiro atoms. The van der Waals surface area contributed by atoms with Crippen LogP contribution in [-0.2, 0) is 10.9 Å². The lowest BCUT2D eigenvalue weighted by Gasteiger charge is -2.21. The molecule has 1 aromatic heterocycles. The van der Waals surface area contributed by atoms with Crippen LogP contribution in [0.2, 0.25) is 0 Å². The predicted octanol–water partition coefficient (Wildman–Crippen LogP) is 16.5. The van der Waals surface area contributed by atoms with E-state index in [4.69, 9.17) is 4.42 Å². The van der Waals surface area contributed by atoms with Gasteiger partial charge in [0.05, 0.1) is 10.9 Å². The Hall–Kier alpha value is -6.87. The van der Waals surface area contributed by atoms with E-state index in [1.165, 1.54) is 75.5 Å². The van der Waals surface area contributed by atoms with Crippen molar-refractivity contribution >= 4 is 65.2 Å². The lowest BCUT2D eigenvalue weighted by molar-refractivity contribution is 0.670. The lowest BCUT2D eigenvalue weighted by atomic mass is 9.84. The Morgan fingerprint density at radius 3 is 1.48 bits per heavy atom. The average Bonchev–Trinajstić information content (AvgIpc) is 3.67. The average molecular weight is 788 g/mol. The maximum absolute atomic E-state index is 6.75. The molecule has 11 rings (SSSR count). The van der Waals surface area contributed by atoms with Gasteiger partial charge in [-0.25, -0.2) is 0 Å². The summed E-state index contributed by atoms with van der Waals surface area (Å²) in [6.07, 6.45) is 0. The zero-order chi connectivity index (χ0) is 40.4. The predicted molar refractivity (Wildman–Crippen MR) is 258 cm³/mol. The molecule has 0 aliphatic heterocycles. The summed E-state index contributed by atoms with van der Waals surface area (Å²) < 4.78 is 6.82. The molecule has 0 amide bonds. The van der Waals surface area contributed by atoms with Crippen LogP contribution in [-0.4, -0.2) is 4.75 Å². The van der Waals surface area contributed by atoms with Gasteiger partial charge in [-0.05, 0) is 147 Å². The van der Waals surface area contributed by atoms with E-state index in [1.54, 1.807) is 0 Å². The molecule has 0 aliphatic rings. The normalized spacial score (nSPS) is 12.5. The summed E-state index contributed by atoms with van der Waals surface area (Å²) in [5.74, 6) is 0. The number of para-hydroxylation sites is 1. The minimum Gasteiger partial charge on any atom is -0.455 e. The Morgan fingerprint density at radius 1 is 0.350 bits per heavy atom. The van der Waals surface area contributed by atoms with Gasteiger partial charge >= 0.3 is 0 Å². The fraction of sp³-hybridized carbons (Fsp3) is 0.0690. The second-order valence-electron chi connectivity index (χ2n) is 16.7. The number of hydrogen-bond donors (Lipinski definition) is 0. The Balaban J connectivity index is 1.10. The first-order valence-electron chi connectivity index (χ1n) is 20.8. The van der Waals surface area contributed by atoms with E-state index in [0.29, 0.717) is 0 Å². The Bertz CT molecular complexity index is 3320. The van der Waals surface area contributed by atoms with Crippen molar-refractivity contribution in [2.75, 3.05) is 0 Å². The summed E-state index contributed by atoms with van der Waals surface area (Å²) in [6.45, 7) is 7.04. The molecule has 2 heteroatoms. The van der Waals surface area contributed by atoms with Crippen molar-refractivity contribution in [2.24, 2.45) is 0 Å². The van der Waals surface area contributed by atoms with E-state index in [-0.39, 0.29) is 15.6 Å². The lowest BCUT2D eigenvalue weighted by Crippen LogP contribution is -2.28. The van der Waals surface area contributed by atoms with Gasteiger partial charge in [0.2, 0.25) is 0 Å². The highest BCUT2D eigenvalue weighted by Crippen LogP contribution is 2.47. The van der Waals surface area contributed by atoms with E-state index in [9.17, 15) is 0 Å². The summed E-state index contributed by atoms with van der Waals surface area (Å²) in [5.41, 5.74) is 11.4. The van der Waals surface area contributed by atoms with Crippen molar-refractivity contribution in [1.82, 2.24) is 0 Å². The van der Waals surface area contributed by atoms with Gasteiger partial charge in [0.25, 0.3) is 0 Å². The standard InChI is InChI=1S/C58H43OS/c1-58(2,3)60(43-18-5-4-6-19-43)44-34-32-40(33-35-44)52-36-42(37-53-47-21-13-14-27-54(47)59-57(52)53)56-50-24-11-9-22-48(50)55(49-23-10-12-25-51(49)56)41-30-28-39(29-31-41)46-26-15-17-38-16-7-8-20-45(38)46/h4-37H,1-3H3/q+1. The first kappa shape index (κ1) is 36.2. The molecule has 1 atom stereocenters. The third kappa shape index (κ3) is 6.10. The molecule has 10 aromatic carbocycles. The highest BCUT2D eigenvalue weighted by atomic mass is 32.2. The molecule has 0 fully saturated rings. The molecule has 60 heavy (non-hydrogen) atoms. The summed E-state index contributed by atoms with van der Waals surface area (Å²) in [7, 11) is -0.0971. The molecule has 0 saturated heterocycles. The largest absolute Gasteiger partial charge is 0.455 e. The minimum absolute atomic E-state index is 0.0713.